The van der Waals surface area contributed by atoms with Gasteiger partial charge in [0.05, 0.1) is 11.8 Å². The van der Waals surface area contributed by atoms with E-state index in [0.717, 1.165) is 12.1 Å². The molecule has 0 fully saturated rings. The summed E-state index contributed by atoms with van der Waals surface area (Å²) in [7, 11) is 0. The van der Waals surface area contributed by atoms with Crippen LogP contribution in [0, 0.1) is 0 Å². The van der Waals surface area contributed by atoms with Gasteiger partial charge in [0, 0.05) is 24.0 Å². The standard InChI is InChI=1S/C20H14F3N4O2/c21-20(22,23)15-5-3-4-14(8-15)17-18(28)26-7-2-1-6-16(26)27(19(17)29)11-13-9-24-12-25-10-13/h1-10,12,17H,11H2/q+1. The van der Waals surface area contributed by atoms with Crippen LogP contribution >= 0.6 is 0 Å². The molecule has 1 aliphatic heterocycles. The molecule has 6 nitrogen and oxygen atoms in total. The van der Waals surface area contributed by atoms with E-state index in [1.165, 1.54) is 46.5 Å². The van der Waals surface area contributed by atoms with Gasteiger partial charge in [-0.25, -0.2) is 19.6 Å². The fourth-order valence-corrected chi connectivity index (χ4v) is 3.29. The van der Waals surface area contributed by atoms with Crippen molar-refractivity contribution in [1.82, 2.24) is 9.97 Å². The number of benzene rings is 1. The zero-order chi connectivity index (χ0) is 20.6. The van der Waals surface area contributed by atoms with Crippen molar-refractivity contribution < 1.29 is 27.3 Å². The molecular formula is C20H14F3N4O2+. The van der Waals surface area contributed by atoms with E-state index in [-0.39, 0.29) is 12.1 Å². The lowest BCUT2D eigenvalue weighted by Crippen LogP contribution is -2.59. The molecule has 0 saturated heterocycles. The van der Waals surface area contributed by atoms with Crippen molar-refractivity contribution >= 4 is 17.6 Å². The van der Waals surface area contributed by atoms with E-state index in [1.807, 2.05) is 0 Å². The van der Waals surface area contributed by atoms with Crippen LogP contribution < -0.4 is 9.47 Å². The van der Waals surface area contributed by atoms with E-state index < -0.39 is 29.5 Å². The summed E-state index contributed by atoms with van der Waals surface area (Å²) in [5.41, 5.74) is -0.304. The van der Waals surface area contributed by atoms with Crippen molar-refractivity contribution in [2.75, 3.05) is 4.90 Å². The number of hydrogen-bond donors (Lipinski definition) is 0. The highest BCUT2D eigenvalue weighted by Crippen LogP contribution is 2.33. The summed E-state index contributed by atoms with van der Waals surface area (Å²) in [6.07, 6.45) is 1.31. The Morgan fingerprint density at radius 2 is 1.79 bits per heavy atom. The predicted octanol–water partition coefficient (Wildman–Crippen LogP) is 2.75. The lowest BCUT2D eigenvalue weighted by Gasteiger charge is -2.26. The maximum Gasteiger partial charge on any atom is 0.416 e. The third-order valence-corrected chi connectivity index (χ3v) is 4.61. The number of alkyl halides is 3. The van der Waals surface area contributed by atoms with Gasteiger partial charge >= 0.3 is 18.0 Å². The van der Waals surface area contributed by atoms with Crippen molar-refractivity contribution in [3.05, 3.63) is 84.1 Å². The van der Waals surface area contributed by atoms with Gasteiger partial charge in [-0.1, -0.05) is 24.3 Å². The average molecular weight is 399 g/mol. The van der Waals surface area contributed by atoms with Crippen LogP contribution in [0.3, 0.4) is 0 Å². The summed E-state index contributed by atoms with van der Waals surface area (Å²) in [6.45, 7) is 0.0758. The van der Waals surface area contributed by atoms with E-state index in [2.05, 4.69) is 9.97 Å². The van der Waals surface area contributed by atoms with Crippen LogP contribution in [0.15, 0.2) is 67.4 Å². The quantitative estimate of drug-likeness (QED) is 0.502. The van der Waals surface area contributed by atoms with E-state index in [9.17, 15) is 22.8 Å². The van der Waals surface area contributed by atoms with E-state index in [1.54, 1.807) is 18.2 Å². The molecule has 0 aliphatic carbocycles. The van der Waals surface area contributed by atoms with Gasteiger partial charge in [0.2, 0.25) is 0 Å². The number of pyridine rings is 1. The molecule has 2 aromatic heterocycles. The van der Waals surface area contributed by atoms with Crippen molar-refractivity contribution in [2.24, 2.45) is 0 Å². The lowest BCUT2D eigenvalue weighted by molar-refractivity contribution is -0.563. The first-order valence-corrected chi connectivity index (χ1v) is 8.63. The molecule has 1 unspecified atom stereocenters. The normalized spacial score (nSPS) is 16.7. The molecule has 4 rings (SSSR count). The number of carbonyl (C=O) groups excluding carboxylic acids is 2. The van der Waals surface area contributed by atoms with Crippen LogP contribution in [0.4, 0.5) is 19.0 Å². The second-order valence-corrected chi connectivity index (χ2v) is 6.49. The van der Waals surface area contributed by atoms with Crippen LogP contribution in [-0.2, 0) is 17.5 Å². The summed E-state index contributed by atoms with van der Waals surface area (Å²) in [5, 5.41) is 0. The second-order valence-electron chi connectivity index (χ2n) is 6.49. The molecule has 9 heteroatoms. The maximum absolute atomic E-state index is 13.2. The zero-order valence-electron chi connectivity index (χ0n) is 14.9. The Bertz CT molecular complexity index is 1090. The number of hydrogen-bond acceptors (Lipinski definition) is 4. The highest BCUT2D eigenvalue weighted by molar-refractivity contribution is 6.11. The Morgan fingerprint density at radius 3 is 2.52 bits per heavy atom. The summed E-state index contributed by atoms with van der Waals surface area (Å²) in [4.78, 5) is 35.4. The molecule has 0 bridgehead atoms. The maximum atomic E-state index is 13.2. The molecule has 3 heterocycles. The second kappa shape index (κ2) is 7.08. The molecule has 0 spiro atoms. The number of aromatic nitrogens is 3. The smallest absolute Gasteiger partial charge is 0.245 e. The highest BCUT2D eigenvalue weighted by atomic mass is 19.4. The van der Waals surface area contributed by atoms with Gasteiger partial charge in [-0.05, 0) is 17.7 Å². The summed E-state index contributed by atoms with van der Waals surface area (Å²) < 4.78 is 40.7. The first kappa shape index (κ1) is 18.7. The minimum absolute atomic E-state index is 0.00820. The van der Waals surface area contributed by atoms with Crippen LogP contribution in [0.2, 0.25) is 0 Å². The molecule has 1 aromatic carbocycles. The fourth-order valence-electron chi connectivity index (χ4n) is 3.29. The minimum atomic E-state index is -4.58. The number of carbonyl (C=O) groups is 2. The molecule has 1 atom stereocenters. The van der Waals surface area contributed by atoms with Crippen molar-refractivity contribution in [3.8, 4) is 0 Å². The molecule has 29 heavy (non-hydrogen) atoms. The van der Waals surface area contributed by atoms with Crippen LogP contribution in [0.5, 0.6) is 0 Å². The Balaban J connectivity index is 1.80. The van der Waals surface area contributed by atoms with Crippen molar-refractivity contribution in [1.29, 1.82) is 0 Å². The molecule has 1 aliphatic rings. The Labute approximate surface area is 163 Å². The third-order valence-electron chi connectivity index (χ3n) is 4.61. The molecule has 0 N–H and O–H groups in total. The molecule has 146 valence electrons. The van der Waals surface area contributed by atoms with Gasteiger partial charge < -0.3 is 0 Å². The van der Waals surface area contributed by atoms with Crippen molar-refractivity contribution in [3.63, 3.8) is 0 Å². The van der Waals surface area contributed by atoms with Crippen LogP contribution in [0.1, 0.15) is 27.4 Å². The van der Waals surface area contributed by atoms with Gasteiger partial charge in [-0.2, -0.15) is 22.6 Å². The molecule has 0 radical (unpaired) electrons. The monoisotopic (exact) mass is 399 g/mol. The van der Waals surface area contributed by atoms with Gasteiger partial charge in [0.15, 0.2) is 5.92 Å². The largest absolute Gasteiger partial charge is 0.416 e. The van der Waals surface area contributed by atoms with Gasteiger partial charge in [0.1, 0.15) is 12.9 Å². The number of amides is 1. The van der Waals surface area contributed by atoms with Crippen molar-refractivity contribution in [2.45, 2.75) is 18.6 Å². The summed E-state index contributed by atoms with van der Waals surface area (Å²) in [5.74, 6) is -2.27. The zero-order valence-corrected chi connectivity index (χ0v) is 14.9. The molecular weight excluding hydrogens is 385 g/mol. The molecule has 1 amide bonds. The Hall–Kier alpha value is -3.62. The van der Waals surface area contributed by atoms with Gasteiger partial charge in [0.25, 0.3) is 5.82 Å². The Kier molecular flexibility index (Phi) is 4.57. The predicted molar refractivity (Wildman–Crippen MR) is 94.7 cm³/mol. The van der Waals surface area contributed by atoms with E-state index in [0.29, 0.717) is 11.4 Å². The van der Waals surface area contributed by atoms with Crippen LogP contribution in [-0.4, -0.2) is 21.8 Å². The lowest BCUT2D eigenvalue weighted by atomic mass is 9.92. The fraction of sp³-hybridized carbons (Fsp3) is 0.150. The SMILES string of the molecule is O=C1C(c2cccc(C(F)(F)F)c2)C(=O)[n+]2ccccc2N1Cc1cncnc1. The number of halogens is 3. The number of anilines is 1. The number of fused-ring (bicyclic) bond motifs is 1. The average Bonchev–Trinajstić information content (AvgIpc) is 2.72. The summed E-state index contributed by atoms with van der Waals surface area (Å²) in [6, 6.07) is 9.19. The summed E-state index contributed by atoms with van der Waals surface area (Å²) >= 11 is 0. The highest BCUT2D eigenvalue weighted by Gasteiger charge is 2.48. The van der Waals surface area contributed by atoms with E-state index in [4.69, 9.17) is 0 Å². The third kappa shape index (κ3) is 3.46. The Morgan fingerprint density at radius 1 is 1.03 bits per heavy atom. The first-order chi connectivity index (χ1) is 13.9. The molecule has 3 aromatic rings. The van der Waals surface area contributed by atoms with Gasteiger partial charge in [-0.3, -0.25) is 0 Å². The molecule has 0 saturated carbocycles. The van der Waals surface area contributed by atoms with Crippen LogP contribution in [0.25, 0.3) is 0 Å². The number of nitrogens with zero attached hydrogens (tertiary/aromatic N) is 4. The minimum Gasteiger partial charge on any atom is -0.245 e. The topological polar surface area (TPSA) is 67.0 Å². The van der Waals surface area contributed by atoms with E-state index >= 15 is 0 Å². The number of rotatable bonds is 3. The van der Waals surface area contributed by atoms with Gasteiger partial charge in [-0.15, -0.1) is 0 Å². The first-order valence-electron chi connectivity index (χ1n) is 8.63.